The van der Waals surface area contributed by atoms with E-state index in [0.29, 0.717) is 11.3 Å². The molecule has 0 radical (unpaired) electrons. The van der Waals surface area contributed by atoms with Crippen LogP contribution in [0.5, 0.6) is 11.5 Å². The first-order valence-electron chi connectivity index (χ1n) is 5.55. The molecule has 0 unspecified atom stereocenters. The number of phenols is 1. The SMILES string of the molecule is COC(=O)C(C)(C)[C@H](N)c1ccc(O)cc1OC. The number of hydrogen-bond donors (Lipinski definition) is 2. The van der Waals surface area contributed by atoms with Gasteiger partial charge in [-0.2, -0.15) is 0 Å². The molecule has 3 N–H and O–H groups in total. The van der Waals surface area contributed by atoms with Gasteiger partial charge in [0.25, 0.3) is 0 Å². The van der Waals surface area contributed by atoms with E-state index in [2.05, 4.69) is 0 Å². The molecular formula is C13H19NO4. The first kappa shape index (κ1) is 14.3. The van der Waals surface area contributed by atoms with E-state index < -0.39 is 17.4 Å². The van der Waals surface area contributed by atoms with Crippen molar-refractivity contribution in [3.63, 3.8) is 0 Å². The minimum atomic E-state index is -0.890. The van der Waals surface area contributed by atoms with Crippen LogP contribution in [-0.2, 0) is 9.53 Å². The zero-order chi connectivity index (χ0) is 13.9. The highest BCUT2D eigenvalue weighted by Crippen LogP contribution is 2.38. The molecule has 1 atom stereocenters. The van der Waals surface area contributed by atoms with Crippen molar-refractivity contribution in [2.75, 3.05) is 14.2 Å². The Morgan fingerprint density at radius 2 is 2.00 bits per heavy atom. The summed E-state index contributed by atoms with van der Waals surface area (Å²) in [7, 11) is 2.81. The molecule has 5 heteroatoms. The Morgan fingerprint density at radius 3 is 2.50 bits per heavy atom. The van der Waals surface area contributed by atoms with Crippen LogP contribution in [0.2, 0.25) is 0 Å². The Morgan fingerprint density at radius 1 is 1.39 bits per heavy atom. The molecule has 0 amide bonds. The lowest BCUT2D eigenvalue weighted by Crippen LogP contribution is -2.37. The van der Waals surface area contributed by atoms with Gasteiger partial charge >= 0.3 is 5.97 Å². The fraction of sp³-hybridized carbons (Fsp3) is 0.462. The lowest BCUT2D eigenvalue weighted by molar-refractivity contribution is -0.152. The predicted molar refractivity (Wildman–Crippen MR) is 67.4 cm³/mol. The van der Waals surface area contributed by atoms with Crippen LogP contribution in [0.4, 0.5) is 0 Å². The summed E-state index contributed by atoms with van der Waals surface area (Å²) >= 11 is 0. The van der Waals surface area contributed by atoms with Crippen molar-refractivity contribution in [1.82, 2.24) is 0 Å². The van der Waals surface area contributed by atoms with Gasteiger partial charge in [-0.1, -0.05) is 6.07 Å². The molecule has 0 saturated carbocycles. The van der Waals surface area contributed by atoms with Crippen LogP contribution in [0.25, 0.3) is 0 Å². The fourth-order valence-electron chi connectivity index (χ4n) is 1.74. The number of rotatable bonds is 4. The van der Waals surface area contributed by atoms with Gasteiger partial charge in [0.05, 0.1) is 19.6 Å². The molecule has 0 saturated heterocycles. The molecule has 5 nitrogen and oxygen atoms in total. The summed E-state index contributed by atoms with van der Waals surface area (Å²) in [6.45, 7) is 3.41. The average Bonchev–Trinajstić information content (AvgIpc) is 2.36. The predicted octanol–water partition coefficient (Wildman–Crippen LogP) is 1.60. The van der Waals surface area contributed by atoms with E-state index in [9.17, 15) is 9.90 Å². The molecule has 100 valence electrons. The van der Waals surface area contributed by atoms with Gasteiger partial charge in [0.2, 0.25) is 0 Å². The number of methoxy groups -OCH3 is 2. The Balaban J connectivity index is 3.18. The summed E-state index contributed by atoms with van der Waals surface area (Å²) in [5, 5.41) is 9.40. The summed E-state index contributed by atoms with van der Waals surface area (Å²) < 4.78 is 9.91. The second-order valence-electron chi connectivity index (χ2n) is 4.62. The third-order valence-corrected chi connectivity index (χ3v) is 3.04. The highest BCUT2D eigenvalue weighted by Gasteiger charge is 2.37. The highest BCUT2D eigenvalue weighted by atomic mass is 16.5. The molecule has 0 aromatic heterocycles. The largest absolute Gasteiger partial charge is 0.508 e. The first-order valence-corrected chi connectivity index (χ1v) is 5.55. The monoisotopic (exact) mass is 253 g/mol. The number of nitrogens with two attached hydrogens (primary N) is 1. The standard InChI is InChI=1S/C13H19NO4/c1-13(2,12(16)18-4)11(14)9-6-5-8(15)7-10(9)17-3/h5-7,11,15H,14H2,1-4H3/t11-/m1/s1. The van der Waals surface area contributed by atoms with Crippen molar-refractivity contribution >= 4 is 5.97 Å². The molecule has 0 fully saturated rings. The van der Waals surface area contributed by atoms with Crippen LogP contribution in [0.15, 0.2) is 18.2 Å². The van der Waals surface area contributed by atoms with Crippen LogP contribution in [0, 0.1) is 5.41 Å². The summed E-state index contributed by atoms with van der Waals surface area (Å²) in [6.07, 6.45) is 0. The molecule has 1 rings (SSSR count). The highest BCUT2D eigenvalue weighted by molar-refractivity contribution is 5.77. The maximum atomic E-state index is 11.7. The third-order valence-electron chi connectivity index (χ3n) is 3.04. The number of carbonyl (C=O) groups excluding carboxylic acids is 1. The molecule has 0 aliphatic heterocycles. The van der Waals surface area contributed by atoms with Gasteiger partial charge in [0, 0.05) is 17.7 Å². The van der Waals surface area contributed by atoms with E-state index in [1.165, 1.54) is 26.4 Å². The first-order chi connectivity index (χ1) is 8.34. The number of ether oxygens (including phenoxy) is 2. The van der Waals surface area contributed by atoms with Crippen molar-refractivity contribution in [2.24, 2.45) is 11.1 Å². The Kier molecular flexibility index (Phi) is 4.19. The minimum Gasteiger partial charge on any atom is -0.508 e. The zero-order valence-corrected chi connectivity index (χ0v) is 11.1. The van der Waals surface area contributed by atoms with Gasteiger partial charge < -0.3 is 20.3 Å². The van der Waals surface area contributed by atoms with Gasteiger partial charge in [-0.05, 0) is 19.9 Å². The summed E-state index contributed by atoms with van der Waals surface area (Å²) in [6, 6.07) is 4.01. The quantitative estimate of drug-likeness (QED) is 0.796. The van der Waals surface area contributed by atoms with Gasteiger partial charge in [-0.15, -0.1) is 0 Å². The molecule has 18 heavy (non-hydrogen) atoms. The molecule has 0 heterocycles. The molecular weight excluding hydrogens is 234 g/mol. The lowest BCUT2D eigenvalue weighted by Gasteiger charge is -2.29. The molecule has 1 aromatic rings. The molecule has 0 aliphatic rings. The average molecular weight is 253 g/mol. The number of aromatic hydroxyl groups is 1. The van der Waals surface area contributed by atoms with Crippen molar-refractivity contribution in [3.8, 4) is 11.5 Å². The second kappa shape index (κ2) is 5.27. The maximum absolute atomic E-state index is 11.7. The topological polar surface area (TPSA) is 81.8 Å². The molecule has 1 aromatic carbocycles. The van der Waals surface area contributed by atoms with Crippen molar-refractivity contribution in [3.05, 3.63) is 23.8 Å². The van der Waals surface area contributed by atoms with E-state index in [4.69, 9.17) is 15.2 Å². The summed E-state index contributed by atoms with van der Waals surface area (Å²) in [5.74, 6) is 0.128. The van der Waals surface area contributed by atoms with Crippen LogP contribution >= 0.6 is 0 Å². The zero-order valence-electron chi connectivity index (χ0n) is 11.1. The van der Waals surface area contributed by atoms with Gasteiger partial charge in [-0.25, -0.2) is 0 Å². The third kappa shape index (κ3) is 2.56. The number of carbonyl (C=O) groups is 1. The molecule has 0 spiro atoms. The minimum absolute atomic E-state index is 0.0821. The van der Waals surface area contributed by atoms with Crippen LogP contribution in [0.1, 0.15) is 25.5 Å². The van der Waals surface area contributed by atoms with Gasteiger partial charge in [0.1, 0.15) is 11.5 Å². The molecule has 0 aliphatic carbocycles. The number of phenolic OH excluding ortho intramolecular Hbond substituents is 1. The fourth-order valence-corrected chi connectivity index (χ4v) is 1.74. The van der Waals surface area contributed by atoms with E-state index in [0.717, 1.165) is 0 Å². The van der Waals surface area contributed by atoms with Crippen LogP contribution in [-0.4, -0.2) is 25.3 Å². The Bertz CT molecular complexity index is 443. The van der Waals surface area contributed by atoms with Gasteiger partial charge in [0.15, 0.2) is 0 Å². The number of benzene rings is 1. The van der Waals surface area contributed by atoms with Crippen molar-refractivity contribution in [2.45, 2.75) is 19.9 Å². The summed E-state index contributed by atoms with van der Waals surface area (Å²) in [4.78, 5) is 11.7. The van der Waals surface area contributed by atoms with E-state index >= 15 is 0 Å². The summed E-state index contributed by atoms with van der Waals surface area (Å²) in [5.41, 5.74) is 5.87. The van der Waals surface area contributed by atoms with Crippen molar-refractivity contribution in [1.29, 1.82) is 0 Å². The Hall–Kier alpha value is -1.75. The van der Waals surface area contributed by atoms with E-state index in [1.54, 1.807) is 19.9 Å². The number of esters is 1. The Labute approximate surface area is 107 Å². The van der Waals surface area contributed by atoms with E-state index in [-0.39, 0.29) is 5.75 Å². The van der Waals surface area contributed by atoms with E-state index in [1.807, 2.05) is 0 Å². The smallest absolute Gasteiger partial charge is 0.313 e. The lowest BCUT2D eigenvalue weighted by atomic mass is 9.80. The van der Waals surface area contributed by atoms with Gasteiger partial charge in [-0.3, -0.25) is 4.79 Å². The normalized spacial score (nSPS) is 12.9. The van der Waals surface area contributed by atoms with Crippen LogP contribution < -0.4 is 10.5 Å². The maximum Gasteiger partial charge on any atom is 0.313 e. The molecule has 0 bridgehead atoms. The van der Waals surface area contributed by atoms with Crippen molar-refractivity contribution < 1.29 is 19.4 Å². The second-order valence-corrected chi connectivity index (χ2v) is 4.62. The van der Waals surface area contributed by atoms with Crippen LogP contribution in [0.3, 0.4) is 0 Å². The number of hydrogen-bond acceptors (Lipinski definition) is 5.